The molecule has 0 saturated carbocycles. The molecule has 0 bridgehead atoms. The molecule has 1 heterocycles. The molecule has 0 amide bonds. The van der Waals surface area contributed by atoms with Crippen LogP contribution in [0.25, 0.3) is 0 Å². The second kappa shape index (κ2) is 6.39. The molecule has 1 aromatic carbocycles. The lowest BCUT2D eigenvalue weighted by molar-refractivity contribution is 0.107. The fraction of sp³-hybridized carbons (Fsp3) is 0.571. The lowest BCUT2D eigenvalue weighted by atomic mass is 10.2. The van der Waals surface area contributed by atoms with Crippen LogP contribution in [0.1, 0.15) is 26.2 Å². The SMILES string of the molecule is CCS(=O)(=O)c1ccccc1NCCC1CCCO1. The molecule has 1 saturated heterocycles. The van der Waals surface area contributed by atoms with Gasteiger partial charge in [0, 0.05) is 13.2 Å². The number of para-hydroxylation sites is 1. The summed E-state index contributed by atoms with van der Waals surface area (Å²) < 4.78 is 29.5. The summed E-state index contributed by atoms with van der Waals surface area (Å²) in [6.07, 6.45) is 3.48. The highest BCUT2D eigenvalue weighted by atomic mass is 32.2. The Labute approximate surface area is 115 Å². The quantitative estimate of drug-likeness (QED) is 0.871. The first-order valence-electron chi connectivity index (χ1n) is 6.81. The fourth-order valence-electron chi connectivity index (χ4n) is 2.28. The predicted molar refractivity (Wildman–Crippen MR) is 76.2 cm³/mol. The van der Waals surface area contributed by atoms with Gasteiger partial charge in [-0.05, 0) is 31.4 Å². The molecule has 1 aliphatic rings. The zero-order valence-corrected chi connectivity index (χ0v) is 12.1. The first kappa shape index (κ1) is 14.3. The van der Waals surface area contributed by atoms with Crippen molar-refractivity contribution in [3.05, 3.63) is 24.3 Å². The van der Waals surface area contributed by atoms with E-state index in [0.717, 1.165) is 32.4 Å². The van der Waals surface area contributed by atoms with Gasteiger partial charge in [-0.2, -0.15) is 0 Å². The third-order valence-electron chi connectivity index (χ3n) is 3.41. The summed E-state index contributed by atoms with van der Waals surface area (Å²) in [7, 11) is -3.17. The molecule has 1 atom stereocenters. The highest BCUT2D eigenvalue weighted by Crippen LogP contribution is 2.22. The molecule has 4 nitrogen and oxygen atoms in total. The number of ether oxygens (including phenoxy) is 1. The Hall–Kier alpha value is -1.07. The Morgan fingerprint density at radius 2 is 2.16 bits per heavy atom. The molecular weight excluding hydrogens is 262 g/mol. The molecule has 1 fully saturated rings. The van der Waals surface area contributed by atoms with Gasteiger partial charge in [0.05, 0.1) is 22.4 Å². The maximum Gasteiger partial charge on any atom is 0.180 e. The number of anilines is 1. The molecule has 106 valence electrons. The van der Waals surface area contributed by atoms with Crippen LogP contribution >= 0.6 is 0 Å². The second-order valence-corrected chi connectivity index (χ2v) is 7.00. The van der Waals surface area contributed by atoms with E-state index < -0.39 is 9.84 Å². The Kier molecular flexibility index (Phi) is 4.82. The van der Waals surface area contributed by atoms with E-state index in [2.05, 4.69) is 5.32 Å². The molecule has 0 aliphatic carbocycles. The second-order valence-electron chi connectivity index (χ2n) is 4.75. The maximum absolute atomic E-state index is 12.0. The Morgan fingerprint density at radius 1 is 1.37 bits per heavy atom. The van der Waals surface area contributed by atoms with Crippen LogP contribution in [0, 0.1) is 0 Å². The van der Waals surface area contributed by atoms with E-state index >= 15 is 0 Å². The molecule has 2 rings (SSSR count). The Balaban J connectivity index is 1.99. The summed E-state index contributed by atoms with van der Waals surface area (Å²) in [5, 5.41) is 3.22. The highest BCUT2D eigenvalue weighted by Gasteiger charge is 2.17. The number of rotatable bonds is 6. The lowest BCUT2D eigenvalue weighted by Crippen LogP contribution is -2.14. The topological polar surface area (TPSA) is 55.4 Å². The third kappa shape index (κ3) is 3.70. The molecule has 5 heteroatoms. The van der Waals surface area contributed by atoms with Gasteiger partial charge < -0.3 is 10.1 Å². The highest BCUT2D eigenvalue weighted by molar-refractivity contribution is 7.91. The van der Waals surface area contributed by atoms with Gasteiger partial charge in [-0.15, -0.1) is 0 Å². The van der Waals surface area contributed by atoms with E-state index in [1.165, 1.54) is 0 Å². The molecule has 1 aromatic rings. The van der Waals surface area contributed by atoms with Crippen LogP contribution in [0.15, 0.2) is 29.2 Å². The van der Waals surface area contributed by atoms with Crippen molar-refractivity contribution in [2.45, 2.75) is 37.2 Å². The smallest absolute Gasteiger partial charge is 0.180 e. The van der Waals surface area contributed by atoms with Gasteiger partial charge in [0.1, 0.15) is 0 Å². The monoisotopic (exact) mass is 283 g/mol. The number of hydrogen-bond donors (Lipinski definition) is 1. The van der Waals surface area contributed by atoms with E-state index in [-0.39, 0.29) is 5.75 Å². The minimum absolute atomic E-state index is 0.122. The van der Waals surface area contributed by atoms with Crippen molar-refractivity contribution >= 4 is 15.5 Å². The summed E-state index contributed by atoms with van der Waals surface area (Å²) >= 11 is 0. The van der Waals surface area contributed by atoms with Crippen LogP contribution in [-0.4, -0.2) is 33.4 Å². The third-order valence-corrected chi connectivity index (χ3v) is 5.19. The molecular formula is C14H21NO3S. The van der Waals surface area contributed by atoms with Gasteiger partial charge >= 0.3 is 0 Å². The van der Waals surface area contributed by atoms with Crippen molar-refractivity contribution in [2.75, 3.05) is 24.2 Å². The average molecular weight is 283 g/mol. The predicted octanol–water partition coefficient (Wildman–Crippen LogP) is 2.46. The van der Waals surface area contributed by atoms with E-state index in [9.17, 15) is 8.42 Å². The first-order chi connectivity index (χ1) is 9.13. The van der Waals surface area contributed by atoms with Crippen LogP contribution in [0.3, 0.4) is 0 Å². The summed E-state index contributed by atoms with van der Waals surface area (Å²) in [6, 6.07) is 7.09. The Morgan fingerprint density at radius 3 is 2.84 bits per heavy atom. The zero-order valence-electron chi connectivity index (χ0n) is 11.3. The van der Waals surface area contributed by atoms with Crippen LogP contribution in [0.2, 0.25) is 0 Å². The standard InChI is InChI=1S/C14H21NO3S/c1-2-19(16,17)14-8-4-3-7-13(14)15-10-9-12-6-5-11-18-12/h3-4,7-8,12,15H,2,5-6,9-11H2,1H3. The molecule has 0 spiro atoms. The van der Waals surface area contributed by atoms with Crippen molar-refractivity contribution in [1.82, 2.24) is 0 Å². The normalized spacial score (nSPS) is 19.5. The molecule has 19 heavy (non-hydrogen) atoms. The number of nitrogens with one attached hydrogen (secondary N) is 1. The average Bonchev–Trinajstić information content (AvgIpc) is 2.92. The molecule has 1 unspecified atom stereocenters. The molecule has 0 radical (unpaired) electrons. The van der Waals surface area contributed by atoms with Crippen molar-refractivity contribution in [3.63, 3.8) is 0 Å². The number of sulfone groups is 1. The van der Waals surface area contributed by atoms with Crippen molar-refractivity contribution in [3.8, 4) is 0 Å². The van der Waals surface area contributed by atoms with Crippen molar-refractivity contribution in [2.24, 2.45) is 0 Å². The minimum atomic E-state index is -3.17. The van der Waals surface area contributed by atoms with Crippen LogP contribution in [0.5, 0.6) is 0 Å². The van der Waals surface area contributed by atoms with E-state index in [0.29, 0.717) is 16.7 Å². The Bertz CT molecular complexity index is 507. The van der Waals surface area contributed by atoms with Crippen molar-refractivity contribution < 1.29 is 13.2 Å². The summed E-state index contributed by atoms with van der Waals surface area (Å²) in [4.78, 5) is 0.393. The number of hydrogen-bond acceptors (Lipinski definition) is 4. The fourth-order valence-corrected chi connectivity index (χ4v) is 3.35. The lowest BCUT2D eigenvalue weighted by Gasteiger charge is -2.13. The van der Waals surface area contributed by atoms with Gasteiger partial charge in [-0.1, -0.05) is 19.1 Å². The minimum Gasteiger partial charge on any atom is -0.384 e. The summed E-state index contributed by atoms with van der Waals surface area (Å²) in [5.74, 6) is 0.122. The van der Waals surface area contributed by atoms with Gasteiger partial charge in [-0.3, -0.25) is 0 Å². The van der Waals surface area contributed by atoms with Crippen LogP contribution < -0.4 is 5.32 Å². The molecule has 0 aromatic heterocycles. The van der Waals surface area contributed by atoms with E-state index in [1.807, 2.05) is 12.1 Å². The van der Waals surface area contributed by atoms with E-state index in [1.54, 1.807) is 19.1 Å². The molecule has 1 N–H and O–H groups in total. The van der Waals surface area contributed by atoms with E-state index in [4.69, 9.17) is 4.74 Å². The first-order valence-corrected chi connectivity index (χ1v) is 8.46. The van der Waals surface area contributed by atoms with Crippen molar-refractivity contribution in [1.29, 1.82) is 0 Å². The van der Waals surface area contributed by atoms with Crippen LogP contribution in [0.4, 0.5) is 5.69 Å². The summed E-state index contributed by atoms with van der Waals surface area (Å²) in [5.41, 5.74) is 0.697. The largest absolute Gasteiger partial charge is 0.384 e. The van der Waals surface area contributed by atoms with Gasteiger partial charge in [0.15, 0.2) is 9.84 Å². The van der Waals surface area contributed by atoms with Gasteiger partial charge in [0.2, 0.25) is 0 Å². The summed E-state index contributed by atoms with van der Waals surface area (Å²) in [6.45, 7) is 3.25. The van der Waals surface area contributed by atoms with Crippen LogP contribution in [-0.2, 0) is 14.6 Å². The number of benzene rings is 1. The maximum atomic E-state index is 12.0. The van der Waals surface area contributed by atoms with Gasteiger partial charge in [-0.25, -0.2) is 8.42 Å². The van der Waals surface area contributed by atoms with Gasteiger partial charge in [0.25, 0.3) is 0 Å². The molecule has 1 aliphatic heterocycles. The zero-order chi connectivity index (χ0) is 13.7.